The van der Waals surface area contributed by atoms with Crippen LogP contribution in [-0.2, 0) is 19.0 Å². The van der Waals surface area contributed by atoms with Crippen LogP contribution in [-0.4, -0.2) is 44.7 Å². The van der Waals surface area contributed by atoms with E-state index in [-0.39, 0.29) is 12.0 Å². The maximum absolute atomic E-state index is 11.4. The monoisotopic (exact) mass is 231 g/mol. The van der Waals surface area contributed by atoms with Crippen LogP contribution in [0.3, 0.4) is 0 Å². The molecule has 0 radical (unpaired) electrons. The Morgan fingerprint density at radius 1 is 1.56 bits per heavy atom. The number of hydrogen-bond acceptors (Lipinski definition) is 4. The zero-order chi connectivity index (χ0) is 12.0. The number of amides is 1. The molecule has 0 aliphatic carbocycles. The van der Waals surface area contributed by atoms with Gasteiger partial charge in [-0.15, -0.1) is 0 Å². The Morgan fingerprint density at radius 3 is 2.88 bits per heavy atom. The third-order valence-electron chi connectivity index (χ3n) is 2.35. The Bertz CT molecular complexity index is 230. The quantitative estimate of drug-likeness (QED) is 0.683. The van der Waals surface area contributed by atoms with Crippen LogP contribution >= 0.6 is 0 Å². The van der Waals surface area contributed by atoms with Crippen molar-refractivity contribution in [2.75, 3.05) is 26.9 Å². The average molecular weight is 231 g/mol. The number of rotatable bonds is 6. The molecule has 1 atom stereocenters. The fourth-order valence-electron chi connectivity index (χ4n) is 1.56. The van der Waals surface area contributed by atoms with Crippen molar-refractivity contribution in [1.82, 2.24) is 5.32 Å². The maximum atomic E-state index is 11.4. The van der Waals surface area contributed by atoms with E-state index in [2.05, 4.69) is 5.32 Å². The molecular formula is C11H21NO4. The number of nitrogens with one attached hydrogen (secondary N) is 1. The molecule has 0 spiro atoms. The minimum Gasteiger partial charge on any atom is -0.385 e. The molecule has 1 amide bonds. The molecule has 1 heterocycles. The number of ether oxygens (including phenoxy) is 3. The molecule has 16 heavy (non-hydrogen) atoms. The number of carbonyl (C=O) groups excluding carboxylic acids is 1. The van der Waals surface area contributed by atoms with E-state index in [0.29, 0.717) is 26.2 Å². The van der Waals surface area contributed by atoms with Crippen molar-refractivity contribution in [2.24, 2.45) is 0 Å². The molecule has 1 saturated heterocycles. The lowest BCUT2D eigenvalue weighted by Gasteiger charge is -2.17. The van der Waals surface area contributed by atoms with Crippen LogP contribution in [0.2, 0.25) is 0 Å². The molecule has 0 aromatic rings. The lowest BCUT2D eigenvalue weighted by molar-refractivity contribution is -0.139. The second-order valence-corrected chi connectivity index (χ2v) is 4.35. The first-order chi connectivity index (χ1) is 7.53. The van der Waals surface area contributed by atoms with Crippen molar-refractivity contribution < 1.29 is 19.0 Å². The molecule has 1 rings (SSSR count). The van der Waals surface area contributed by atoms with Crippen LogP contribution in [0, 0.1) is 0 Å². The summed E-state index contributed by atoms with van der Waals surface area (Å²) in [6, 6.07) is 0. The largest absolute Gasteiger partial charge is 0.385 e. The van der Waals surface area contributed by atoms with E-state index in [9.17, 15) is 4.79 Å². The summed E-state index contributed by atoms with van der Waals surface area (Å²) in [4.78, 5) is 11.4. The summed E-state index contributed by atoms with van der Waals surface area (Å²) in [6.07, 6.45) is 1.20. The first-order valence-corrected chi connectivity index (χ1v) is 5.61. The predicted octanol–water partition coefficient (Wildman–Crippen LogP) is 0.681. The molecule has 0 saturated carbocycles. The lowest BCUT2D eigenvalue weighted by atomic mass is 10.3. The van der Waals surface area contributed by atoms with Gasteiger partial charge in [0, 0.05) is 26.7 Å². The molecule has 1 unspecified atom stereocenters. The minimum atomic E-state index is -0.522. The van der Waals surface area contributed by atoms with Gasteiger partial charge in [-0.05, 0) is 20.3 Å². The van der Waals surface area contributed by atoms with Crippen molar-refractivity contribution in [3.8, 4) is 0 Å². The SMILES string of the molecule is COCCCC(=O)NCC1COC(C)(C)O1. The van der Waals surface area contributed by atoms with E-state index < -0.39 is 5.79 Å². The zero-order valence-electron chi connectivity index (χ0n) is 10.2. The fraction of sp³-hybridized carbons (Fsp3) is 0.909. The Balaban J connectivity index is 2.08. The average Bonchev–Trinajstić information content (AvgIpc) is 2.56. The van der Waals surface area contributed by atoms with Crippen LogP contribution < -0.4 is 5.32 Å². The molecular weight excluding hydrogens is 210 g/mol. The van der Waals surface area contributed by atoms with Gasteiger partial charge in [0.1, 0.15) is 6.10 Å². The Labute approximate surface area is 96.4 Å². The second kappa shape index (κ2) is 6.18. The van der Waals surface area contributed by atoms with Gasteiger partial charge in [-0.3, -0.25) is 4.79 Å². The van der Waals surface area contributed by atoms with Crippen molar-refractivity contribution in [3.05, 3.63) is 0 Å². The summed E-state index contributed by atoms with van der Waals surface area (Å²) >= 11 is 0. The van der Waals surface area contributed by atoms with E-state index in [1.54, 1.807) is 7.11 Å². The van der Waals surface area contributed by atoms with Gasteiger partial charge in [0.05, 0.1) is 6.61 Å². The summed E-state index contributed by atoms with van der Waals surface area (Å²) < 4.78 is 15.8. The van der Waals surface area contributed by atoms with Gasteiger partial charge < -0.3 is 19.5 Å². The van der Waals surface area contributed by atoms with Gasteiger partial charge in [-0.2, -0.15) is 0 Å². The summed E-state index contributed by atoms with van der Waals surface area (Å²) in [5.74, 6) is -0.490. The Kier molecular flexibility index (Phi) is 5.18. The van der Waals surface area contributed by atoms with Gasteiger partial charge in [-0.1, -0.05) is 0 Å². The third kappa shape index (κ3) is 4.92. The second-order valence-electron chi connectivity index (χ2n) is 4.35. The van der Waals surface area contributed by atoms with Gasteiger partial charge in [0.25, 0.3) is 0 Å². The zero-order valence-corrected chi connectivity index (χ0v) is 10.2. The van der Waals surface area contributed by atoms with E-state index in [0.717, 1.165) is 6.42 Å². The molecule has 0 bridgehead atoms. The molecule has 0 aromatic carbocycles. The predicted molar refractivity (Wildman–Crippen MR) is 59.0 cm³/mol. The van der Waals surface area contributed by atoms with Crippen molar-refractivity contribution >= 4 is 5.91 Å². The number of carbonyl (C=O) groups is 1. The lowest BCUT2D eigenvalue weighted by Crippen LogP contribution is -2.34. The minimum absolute atomic E-state index is 0.0327. The highest BCUT2D eigenvalue weighted by Crippen LogP contribution is 2.21. The van der Waals surface area contributed by atoms with Crippen LogP contribution in [0.4, 0.5) is 0 Å². The van der Waals surface area contributed by atoms with Crippen LogP contribution in [0.25, 0.3) is 0 Å². The highest BCUT2D eigenvalue weighted by Gasteiger charge is 2.32. The van der Waals surface area contributed by atoms with Crippen LogP contribution in [0.1, 0.15) is 26.7 Å². The van der Waals surface area contributed by atoms with E-state index in [1.807, 2.05) is 13.8 Å². The highest BCUT2D eigenvalue weighted by atomic mass is 16.7. The molecule has 0 aromatic heterocycles. The highest BCUT2D eigenvalue weighted by molar-refractivity contribution is 5.75. The molecule has 1 N–H and O–H groups in total. The fourth-order valence-corrected chi connectivity index (χ4v) is 1.56. The first kappa shape index (κ1) is 13.4. The molecule has 1 aliphatic heterocycles. The van der Waals surface area contributed by atoms with Crippen molar-refractivity contribution in [1.29, 1.82) is 0 Å². The van der Waals surface area contributed by atoms with E-state index in [4.69, 9.17) is 14.2 Å². The molecule has 5 heteroatoms. The van der Waals surface area contributed by atoms with Gasteiger partial charge in [0.2, 0.25) is 5.91 Å². The Hall–Kier alpha value is -0.650. The van der Waals surface area contributed by atoms with Gasteiger partial charge in [-0.25, -0.2) is 0 Å². The first-order valence-electron chi connectivity index (χ1n) is 5.61. The number of hydrogen-bond donors (Lipinski definition) is 1. The standard InChI is InChI=1S/C11H21NO4/c1-11(2)15-8-9(16-11)7-12-10(13)5-4-6-14-3/h9H,4-8H2,1-3H3,(H,12,13). The van der Waals surface area contributed by atoms with Gasteiger partial charge in [0.15, 0.2) is 5.79 Å². The van der Waals surface area contributed by atoms with Gasteiger partial charge >= 0.3 is 0 Å². The third-order valence-corrected chi connectivity index (χ3v) is 2.35. The van der Waals surface area contributed by atoms with Crippen LogP contribution in [0.15, 0.2) is 0 Å². The normalized spacial score (nSPS) is 23.3. The molecule has 94 valence electrons. The van der Waals surface area contributed by atoms with E-state index >= 15 is 0 Å². The summed E-state index contributed by atoms with van der Waals surface area (Å²) in [5.41, 5.74) is 0. The molecule has 1 aliphatic rings. The van der Waals surface area contributed by atoms with Crippen molar-refractivity contribution in [2.45, 2.75) is 38.6 Å². The van der Waals surface area contributed by atoms with Crippen LogP contribution in [0.5, 0.6) is 0 Å². The summed E-state index contributed by atoms with van der Waals surface area (Å²) in [5, 5.41) is 2.82. The topological polar surface area (TPSA) is 56.8 Å². The van der Waals surface area contributed by atoms with Crippen molar-refractivity contribution in [3.63, 3.8) is 0 Å². The molecule has 1 fully saturated rings. The summed E-state index contributed by atoms with van der Waals surface area (Å²) in [6.45, 7) is 5.39. The molecule has 5 nitrogen and oxygen atoms in total. The smallest absolute Gasteiger partial charge is 0.220 e. The number of methoxy groups -OCH3 is 1. The van der Waals surface area contributed by atoms with E-state index in [1.165, 1.54) is 0 Å². The maximum Gasteiger partial charge on any atom is 0.220 e. The summed E-state index contributed by atoms with van der Waals surface area (Å²) in [7, 11) is 1.63. The Morgan fingerprint density at radius 2 is 2.31 bits per heavy atom.